The van der Waals surface area contributed by atoms with Gasteiger partial charge in [0.1, 0.15) is 11.6 Å². The average Bonchev–Trinajstić information content (AvgIpc) is 2.28. The van der Waals surface area contributed by atoms with Crippen molar-refractivity contribution in [3.63, 3.8) is 0 Å². The fraction of sp³-hybridized carbons (Fsp3) is 0.143. The van der Waals surface area contributed by atoms with E-state index in [9.17, 15) is 8.78 Å². The molecule has 0 atom stereocenters. The lowest BCUT2D eigenvalue weighted by molar-refractivity contribution is 0.583. The van der Waals surface area contributed by atoms with E-state index in [0.717, 1.165) is 5.56 Å². The Hall–Kier alpha value is -1.41. The highest BCUT2D eigenvalue weighted by atomic mass is 35.5. The molecule has 3 heteroatoms. The molecule has 2 aromatic carbocycles. The third-order valence-corrected chi connectivity index (χ3v) is 3.07. The summed E-state index contributed by atoms with van der Waals surface area (Å²) in [4.78, 5) is 0. The van der Waals surface area contributed by atoms with E-state index in [4.69, 9.17) is 11.6 Å². The largest absolute Gasteiger partial charge is 0.206 e. The Morgan fingerprint density at radius 1 is 0.882 bits per heavy atom. The number of hydrogen-bond donors (Lipinski definition) is 0. The predicted octanol–water partition coefficient (Wildman–Crippen LogP) is 4.90. The van der Waals surface area contributed by atoms with Crippen molar-refractivity contribution in [2.75, 3.05) is 0 Å². The molecule has 0 aliphatic rings. The normalized spacial score (nSPS) is 10.6. The van der Waals surface area contributed by atoms with Gasteiger partial charge in [0.15, 0.2) is 0 Å². The minimum Gasteiger partial charge on any atom is -0.206 e. The van der Waals surface area contributed by atoms with Crippen LogP contribution in [0.25, 0.3) is 11.1 Å². The Kier molecular flexibility index (Phi) is 3.16. The van der Waals surface area contributed by atoms with Crippen molar-refractivity contribution < 1.29 is 8.78 Å². The summed E-state index contributed by atoms with van der Waals surface area (Å²) in [5.41, 5.74) is 1.53. The van der Waals surface area contributed by atoms with Gasteiger partial charge in [-0.15, -0.1) is 0 Å². The van der Waals surface area contributed by atoms with Gasteiger partial charge >= 0.3 is 0 Å². The van der Waals surface area contributed by atoms with Crippen LogP contribution in [0.5, 0.6) is 0 Å². The van der Waals surface area contributed by atoms with Gasteiger partial charge in [-0.25, -0.2) is 8.78 Å². The first-order valence-corrected chi connectivity index (χ1v) is 5.60. The zero-order valence-corrected chi connectivity index (χ0v) is 10.3. The number of halogens is 3. The molecule has 0 bridgehead atoms. The van der Waals surface area contributed by atoms with E-state index >= 15 is 0 Å². The van der Waals surface area contributed by atoms with Crippen LogP contribution >= 0.6 is 11.6 Å². The summed E-state index contributed by atoms with van der Waals surface area (Å²) >= 11 is 6.03. The van der Waals surface area contributed by atoms with Gasteiger partial charge in [-0.2, -0.15) is 0 Å². The molecule has 2 rings (SSSR count). The summed E-state index contributed by atoms with van der Waals surface area (Å²) in [5, 5.41) is 0.355. The number of benzene rings is 2. The zero-order chi connectivity index (χ0) is 12.6. The van der Waals surface area contributed by atoms with Gasteiger partial charge in [0, 0.05) is 10.6 Å². The molecule has 0 nitrogen and oxygen atoms in total. The van der Waals surface area contributed by atoms with Crippen LogP contribution < -0.4 is 0 Å². The van der Waals surface area contributed by atoms with Gasteiger partial charge < -0.3 is 0 Å². The zero-order valence-electron chi connectivity index (χ0n) is 9.52. The maximum absolute atomic E-state index is 14.0. The van der Waals surface area contributed by atoms with E-state index in [0.29, 0.717) is 16.1 Å². The first-order valence-electron chi connectivity index (χ1n) is 5.22. The molecule has 0 saturated carbocycles. The standard InChI is InChI=1S/C14H11ClF2/c1-8-4-3-5-10(15)12(8)13-11(16)7-6-9(2)14(13)17/h3-7H,1-2H3. The molecular weight excluding hydrogens is 242 g/mol. The summed E-state index contributed by atoms with van der Waals surface area (Å²) in [6.07, 6.45) is 0. The topological polar surface area (TPSA) is 0 Å². The third kappa shape index (κ3) is 2.05. The maximum Gasteiger partial charge on any atom is 0.136 e. The molecule has 0 spiro atoms. The van der Waals surface area contributed by atoms with E-state index in [1.807, 2.05) is 0 Å². The van der Waals surface area contributed by atoms with Gasteiger partial charge in [-0.1, -0.05) is 29.8 Å². The van der Waals surface area contributed by atoms with E-state index in [1.165, 1.54) is 12.1 Å². The van der Waals surface area contributed by atoms with Crippen LogP contribution in [0.3, 0.4) is 0 Å². The highest BCUT2D eigenvalue weighted by molar-refractivity contribution is 6.33. The minimum absolute atomic E-state index is 0.0481. The molecule has 0 unspecified atom stereocenters. The lowest BCUT2D eigenvalue weighted by atomic mass is 9.98. The van der Waals surface area contributed by atoms with Gasteiger partial charge in [0.05, 0.1) is 5.56 Å². The highest BCUT2D eigenvalue weighted by Crippen LogP contribution is 2.35. The maximum atomic E-state index is 14.0. The molecule has 2 aromatic rings. The molecular formula is C14H11ClF2. The summed E-state index contributed by atoms with van der Waals surface area (Å²) in [6, 6.07) is 7.84. The molecule has 0 saturated heterocycles. The molecule has 0 amide bonds. The van der Waals surface area contributed by atoms with Crippen LogP contribution in [-0.2, 0) is 0 Å². The van der Waals surface area contributed by atoms with Crippen LogP contribution in [0.15, 0.2) is 30.3 Å². The summed E-state index contributed by atoms with van der Waals surface area (Å²) in [6.45, 7) is 3.38. The second-order valence-corrected chi connectivity index (χ2v) is 4.39. The molecule has 88 valence electrons. The highest BCUT2D eigenvalue weighted by Gasteiger charge is 2.17. The molecule has 0 heterocycles. The van der Waals surface area contributed by atoms with Crippen molar-refractivity contribution in [2.24, 2.45) is 0 Å². The van der Waals surface area contributed by atoms with Crippen LogP contribution in [-0.4, -0.2) is 0 Å². The van der Waals surface area contributed by atoms with Crippen molar-refractivity contribution in [3.8, 4) is 11.1 Å². The fourth-order valence-electron chi connectivity index (χ4n) is 1.83. The second kappa shape index (κ2) is 4.46. The fourth-order valence-corrected chi connectivity index (χ4v) is 2.15. The molecule has 0 N–H and O–H groups in total. The van der Waals surface area contributed by atoms with Gasteiger partial charge in [0.2, 0.25) is 0 Å². The van der Waals surface area contributed by atoms with Crippen LogP contribution in [0, 0.1) is 25.5 Å². The first kappa shape index (κ1) is 12.1. The molecule has 0 fully saturated rings. The minimum atomic E-state index is -0.593. The van der Waals surface area contributed by atoms with Crippen LogP contribution in [0.4, 0.5) is 8.78 Å². The first-order chi connectivity index (χ1) is 8.02. The number of hydrogen-bond acceptors (Lipinski definition) is 0. The molecule has 0 aromatic heterocycles. The van der Waals surface area contributed by atoms with Crippen molar-refractivity contribution >= 4 is 11.6 Å². The summed E-state index contributed by atoms with van der Waals surface area (Å²) in [7, 11) is 0. The number of aryl methyl sites for hydroxylation is 2. The summed E-state index contributed by atoms with van der Waals surface area (Å²) < 4.78 is 27.8. The SMILES string of the molecule is Cc1ccc(F)c(-c2c(C)cccc2Cl)c1F. The lowest BCUT2D eigenvalue weighted by Gasteiger charge is -2.12. The monoisotopic (exact) mass is 252 g/mol. The lowest BCUT2D eigenvalue weighted by Crippen LogP contribution is -1.96. The van der Waals surface area contributed by atoms with Gasteiger partial charge in [0.25, 0.3) is 0 Å². The average molecular weight is 253 g/mol. The van der Waals surface area contributed by atoms with Crippen molar-refractivity contribution in [3.05, 3.63) is 58.1 Å². The quantitative estimate of drug-likeness (QED) is 0.677. The molecule has 17 heavy (non-hydrogen) atoms. The van der Waals surface area contributed by atoms with E-state index in [-0.39, 0.29) is 5.56 Å². The molecule has 0 aliphatic heterocycles. The smallest absolute Gasteiger partial charge is 0.136 e. The Morgan fingerprint density at radius 2 is 1.59 bits per heavy atom. The summed E-state index contributed by atoms with van der Waals surface area (Å²) in [5.74, 6) is -1.15. The van der Waals surface area contributed by atoms with Crippen LogP contribution in [0.1, 0.15) is 11.1 Å². The van der Waals surface area contributed by atoms with Crippen molar-refractivity contribution in [2.45, 2.75) is 13.8 Å². The number of rotatable bonds is 1. The Bertz CT molecular complexity index is 556. The van der Waals surface area contributed by atoms with E-state index < -0.39 is 11.6 Å². The van der Waals surface area contributed by atoms with Crippen molar-refractivity contribution in [1.82, 2.24) is 0 Å². The van der Waals surface area contributed by atoms with Gasteiger partial charge in [-0.3, -0.25) is 0 Å². The Morgan fingerprint density at radius 3 is 2.24 bits per heavy atom. The molecule has 0 aliphatic carbocycles. The van der Waals surface area contributed by atoms with Gasteiger partial charge in [-0.05, 0) is 37.1 Å². The molecule has 0 radical (unpaired) electrons. The van der Waals surface area contributed by atoms with Crippen molar-refractivity contribution in [1.29, 1.82) is 0 Å². The Balaban J connectivity index is 2.82. The second-order valence-electron chi connectivity index (χ2n) is 3.98. The third-order valence-electron chi connectivity index (χ3n) is 2.76. The van der Waals surface area contributed by atoms with E-state index in [2.05, 4.69) is 0 Å². The van der Waals surface area contributed by atoms with Crippen LogP contribution in [0.2, 0.25) is 5.02 Å². The Labute approximate surface area is 104 Å². The predicted molar refractivity (Wildman–Crippen MR) is 66.3 cm³/mol. The van der Waals surface area contributed by atoms with E-state index in [1.54, 1.807) is 32.0 Å².